The van der Waals surface area contributed by atoms with Gasteiger partial charge in [-0.2, -0.15) is 0 Å². The Morgan fingerprint density at radius 3 is 2.27 bits per heavy atom. The molecule has 116 valence electrons. The van der Waals surface area contributed by atoms with Crippen molar-refractivity contribution in [2.75, 3.05) is 0 Å². The third kappa shape index (κ3) is 2.65. The van der Waals surface area contributed by atoms with Crippen LogP contribution in [0, 0.1) is 19.8 Å². The summed E-state index contributed by atoms with van der Waals surface area (Å²) in [6.07, 6.45) is 4.94. The van der Waals surface area contributed by atoms with Crippen molar-refractivity contribution in [2.45, 2.75) is 51.9 Å². The quantitative estimate of drug-likeness (QED) is 0.774. The number of phenolic OH excluding ortho intramolecular Hbond substituents is 1. The molecule has 0 bridgehead atoms. The zero-order valence-electron chi connectivity index (χ0n) is 13.9. The van der Waals surface area contributed by atoms with Gasteiger partial charge in [-0.25, -0.2) is 0 Å². The molecule has 22 heavy (non-hydrogen) atoms. The van der Waals surface area contributed by atoms with Gasteiger partial charge in [-0.15, -0.1) is 0 Å². The van der Waals surface area contributed by atoms with Crippen molar-refractivity contribution >= 4 is 0 Å². The largest absolute Gasteiger partial charge is 0.508 e. The van der Waals surface area contributed by atoms with Gasteiger partial charge in [-0.1, -0.05) is 48.9 Å². The minimum Gasteiger partial charge on any atom is -0.508 e. The van der Waals surface area contributed by atoms with Crippen molar-refractivity contribution in [3.63, 3.8) is 0 Å². The first-order valence-electron chi connectivity index (χ1n) is 8.38. The second-order valence-corrected chi connectivity index (χ2v) is 7.14. The molecule has 1 nitrogen and oxygen atoms in total. The fraction of sp³-hybridized carbons (Fsp3) is 0.429. The maximum absolute atomic E-state index is 9.88. The first kappa shape index (κ1) is 15.1. The van der Waals surface area contributed by atoms with Gasteiger partial charge in [0.05, 0.1) is 0 Å². The summed E-state index contributed by atoms with van der Waals surface area (Å²) in [4.78, 5) is 0. The number of hydrogen-bond donors (Lipinski definition) is 1. The van der Waals surface area contributed by atoms with E-state index in [9.17, 15) is 5.11 Å². The highest BCUT2D eigenvalue weighted by Crippen LogP contribution is 2.47. The van der Waals surface area contributed by atoms with Crippen LogP contribution in [0.1, 0.15) is 54.9 Å². The van der Waals surface area contributed by atoms with E-state index in [0.29, 0.717) is 5.75 Å². The SMILES string of the molecule is Cc1cccc(C2(c3ccc(O)c(C)c3)CCC(C)CC2)c1. The highest BCUT2D eigenvalue weighted by atomic mass is 16.3. The van der Waals surface area contributed by atoms with Crippen LogP contribution < -0.4 is 0 Å². The monoisotopic (exact) mass is 294 g/mol. The lowest BCUT2D eigenvalue weighted by molar-refractivity contribution is 0.280. The second kappa shape index (κ2) is 5.79. The summed E-state index contributed by atoms with van der Waals surface area (Å²) < 4.78 is 0. The Bertz CT molecular complexity index is 663. The Morgan fingerprint density at radius 2 is 1.64 bits per heavy atom. The van der Waals surface area contributed by atoms with Crippen LogP contribution in [0.25, 0.3) is 0 Å². The first-order chi connectivity index (χ1) is 10.5. The minimum atomic E-state index is 0.108. The number of benzene rings is 2. The van der Waals surface area contributed by atoms with E-state index < -0.39 is 0 Å². The van der Waals surface area contributed by atoms with E-state index in [0.717, 1.165) is 11.5 Å². The minimum absolute atomic E-state index is 0.108. The molecule has 1 N–H and O–H groups in total. The molecular weight excluding hydrogens is 268 g/mol. The topological polar surface area (TPSA) is 20.2 Å². The summed E-state index contributed by atoms with van der Waals surface area (Å²) >= 11 is 0. The van der Waals surface area contributed by atoms with E-state index in [1.807, 2.05) is 13.0 Å². The van der Waals surface area contributed by atoms with E-state index in [2.05, 4.69) is 50.2 Å². The number of hydrogen-bond acceptors (Lipinski definition) is 1. The molecule has 1 aliphatic carbocycles. The van der Waals surface area contributed by atoms with Gasteiger partial charge in [0, 0.05) is 5.41 Å². The summed E-state index contributed by atoms with van der Waals surface area (Å²) in [7, 11) is 0. The van der Waals surface area contributed by atoms with Gasteiger partial charge < -0.3 is 5.11 Å². The highest BCUT2D eigenvalue weighted by Gasteiger charge is 2.37. The predicted molar refractivity (Wildman–Crippen MR) is 92.4 cm³/mol. The van der Waals surface area contributed by atoms with E-state index in [1.165, 1.54) is 42.4 Å². The van der Waals surface area contributed by atoms with Gasteiger partial charge in [0.2, 0.25) is 0 Å². The molecule has 2 aromatic rings. The predicted octanol–water partition coefficient (Wildman–Crippen LogP) is 5.51. The Balaban J connectivity index is 2.12. The van der Waals surface area contributed by atoms with Crippen LogP contribution >= 0.6 is 0 Å². The maximum atomic E-state index is 9.88. The number of rotatable bonds is 2. The van der Waals surface area contributed by atoms with E-state index in [-0.39, 0.29) is 5.41 Å². The molecule has 0 heterocycles. The van der Waals surface area contributed by atoms with Crippen LogP contribution in [-0.2, 0) is 5.41 Å². The molecular formula is C21H26O. The molecule has 0 unspecified atom stereocenters. The third-order valence-electron chi connectivity index (χ3n) is 5.45. The van der Waals surface area contributed by atoms with Crippen molar-refractivity contribution in [1.29, 1.82) is 0 Å². The molecule has 0 saturated heterocycles. The van der Waals surface area contributed by atoms with Gasteiger partial charge in [0.25, 0.3) is 0 Å². The molecule has 0 atom stereocenters. The smallest absolute Gasteiger partial charge is 0.118 e. The zero-order valence-corrected chi connectivity index (χ0v) is 13.9. The lowest BCUT2D eigenvalue weighted by atomic mass is 9.63. The molecule has 1 heteroatoms. The van der Waals surface area contributed by atoms with Crippen molar-refractivity contribution < 1.29 is 5.11 Å². The number of phenols is 1. The zero-order chi connectivity index (χ0) is 15.7. The second-order valence-electron chi connectivity index (χ2n) is 7.14. The van der Waals surface area contributed by atoms with Crippen LogP contribution in [0.15, 0.2) is 42.5 Å². The summed E-state index contributed by atoms with van der Waals surface area (Å²) in [5.41, 5.74) is 5.20. The number of aryl methyl sites for hydroxylation is 2. The van der Waals surface area contributed by atoms with Crippen molar-refractivity contribution in [3.8, 4) is 5.75 Å². The summed E-state index contributed by atoms with van der Waals surface area (Å²) in [6, 6.07) is 15.2. The highest BCUT2D eigenvalue weighted by molar-refractivity contribution is 5.45. The molecule has 2 aromatic carbocycles. The van der Waals surface area contributed by atoms with Crippen LogP contribution in [0.4, 0.5) is 0 Å². The molecule has 1 saturated carbocycles. The Hall–Kier alpha value is -1.76. The van der Waals surface area contributed by atoms with Gasteiger partial charge in [0.15, 0.2) is 0 Å². The van der Waals surface area contributed by atoms with Crippen LogP contribution in [0.2, 0.25) is 0 Å². The van der Waals surface area contributed by atoms with Crippen LogP contribution in [0.3, 0.4) is 0 Å². The maximum Gasteiger partial charge on any atom is 0.118 e. The normalized spacial score (nSPS) is 25.1. The van der Waals surface area contributed by atoms with Crippen molar-refractivity contribution in [2.24, 2.45) is 5.92 Å². The van der Waals surface area contributed by atoms with Crippen molar-refractivity contribution in [1.82, 2.24) is 0 Å². The van der Waals surface area contributed by atoms with Gasteiger partial charge in [-0.3, -0.25) is 0 Å². The molecule has 1 fully saturated rings. The fourth-order valence-corrected chi connectivity index (χ4v) is 3.89. The van der Waals surface area contributed by atoms with Gasteiger partial charge in [-0.05, 0) is 68.2 Å². The Kier molecular flexibility index (Phi) is 3.99. The Labute approximate surface area is 134 Å². The molecule has 0 amide bonds. The standard InChI is InChI=1S/C21H26O/c1-15-9-11-21(12-10-15,18-6-4-5-16(2)13-18)19-7-8-20(22)17(3)14-19/h4-8,13-15,22H,9-12H2,1-3H3. The van der Waals surface area contributed by atoms with E-state index in [4.69, 9.17) is 0 Å². The molecule has 1 aliphatic rings. The average Bonchev–Trinajstić information content (AvgIpc) is 2.51. The summed E-state index contributed by atoms with van der Waals surface area (Å²) in [6.45, 7) is 6.53. The average molecular weight is 294 g/mol. The van der Waals surface area contributed by atoms with Gasteiger partial charge >= 0.3 is 0 Å². The van der Waals surface area contributed by atoms with Crippen LogP contribution in [0.5, 0.6) is 5.75 Å². The molecule has 0 spiro atoms. The summed E-state index contributed by atoms with van der Waals surface area (Å²) in [5, 5.41) is 9.88. The van der Waals surface area contributed by atoms with Crippen LogP contribution in [-0.4, -0.2) is 5.11 Å². The molecule has 3 rings (SSSR count). The Morgan fingerprint density at radius 1 is 0.955 bits per heavy atom. The summed E-state index contributed by atoms with van der Waals surface area (Å²) in [5.74, 6) is 1.21. The number of aromatic hydroxyl groups is 1. The van der Waals surface area contributed by atoms with E-state index in [1.54, 1.807) is 0 Å². The van der Waals surface area contributed by atoms with Crippen molar-refractivity contribution in [3.05, 3.63) is 64.7 Å². The molecule has 0 aromatic heterocycles. The molecule has 0 aliphatic heterocycles. The lowest BCUT2D eigenvalue weighted by Crippen LogP contribution is -2.32. The fourth-order valence-electron chi connectivity index (χ4n) is 3.89. The van der Waals surface area contributed by atoms with E-state index >= 15 is 0 Å². The molecule has 0 radical (unpaired) electrons. The lowest BCUT2D eigenvalue weighted by Gasteiger charge is -2.41. The third-order valence-corrected chi connectivity index (χ3v) is 5.45. The first-order valence-corrected chi connectivity index (χ1v) is 8.38. The van der Waals surface area contributed by atoms with Gasteiger partial charge in [0.1, 0.15) is 5.75 Å².